The van der Waals surface area contributed by atoms with Crippen LogP contribution in [0, 0.1) is 0 Å². The number of methoxy groups -OCH3 is 1. The summed E-state index contributed by atoms with van der Waals surface area (Å²) in [6, 6.07) is 9.52. The van der Waals surface area contributed by atoms with Gasteiger partial charge in [-0.1, -0.05) is 36.4 Å². The molecule has 0 heterocycles. The highest BCUT2D eigenvalue weighted by molar-refractivity contribution is 5.81. The average molecular weight is 291 g/mol. The Morgan fingerprint density at radius 1 is 1.19 bits per heavy atom. The van der Waals surface area contributed by atoms with Crippen LogP contribution in [0.15, 0.2) is 42.5 Å². The molecule has 1 rings (SSSR count). The Morgan fingerprint density at radius 3 is 2.67 bits per heavy atom. The highest BCUT2D eigenvalue weighted by Crippen LogP contribution is 2.01. The van der Waals surface area contributed by atoms with Crippen LogP contribution in [-0.2, 0) is 20.9 Å². The van der Waals surface area contributed by atoms with Gasteiger partial charge in [-0.25, -0.2) is 9.59 Å². The van der Waals surface area contributed by atoms with Crippen molar-refractivity contribution >= 4 is 12.1 Å². The summed E-state index contributed by atoms with van der Waals surface area (Å²) in [6.07, 6.45) is 5.24. The lowest BCUT2D eigenvalue weighted by molar-refractivity contribution is -0.134. The van der Waals surface area contributed by atoms with Crippen LogP contribution < -0.4 is 5.32 Å². The SMILES string of the molecule is COC(=O)/C=C/CCCCNC(=O)OCc1ccccc1. The van der Waals surface area contributed by atoms with Crippen molar-refractivity contribution < 1.29 is 19.1 Å². The van der Waals surface area contributed by atoms with Gasteiger partial charge in [-0.3, -0.25) is 0 Å². The number of allylic oxidation sites excluding steroid dienone is 1. The molecule has 0 fully saturated rings. The molecule has 1 aromatic carbocycles. The van der Waals surface area contributed by atoms with Crippen molar-refractivity contribution in [1.29, 1.82) is 0 Å². The topological polar surface area (TPSA) is 64.6 Å². The van der Waals surface area contributed by atoms with Gasteiger partial charge >= 0.3 is 12.1 Å². The largest absolute Gasteiger partial charge is 0.466 e. The lowest BCUT2D eigenvalue weighted by Gasteiger charge is -2.06. The van der Waals surface area contributed by atoms with Gasteiger partial charge in [0.15, 0.2) is 0 Å². The van der Waals surface area contributed by atoms with Gasteiger partial charge in [-0.05, 0) is 24.8 Å². The molecular formula is C16H21NO4. The molecule has 0 aromatic heterocycles. The Morgan fingerprint density at radius 2 is 1.95 bits per heavy atom. The Balaban J connectivity index is 2.01. The van der Waals surface area contributed by atoms with Crippen molar-refractivity contribution in [2.45, 2.75) is 25.9 Å². The van der Waals surface area contributed by atoms with Crippen LogP contribution in [0.2, 0.25) is 0 Å². The highest BCUT2D eigenvalue weighted by Gasteiger charge is 2.01. The van der Waals surface area contributed by atoms with Crippen molar-refractivity contribution in [2.75, 3.05) is 13.7 Å². The first-order valence-electron chi connectivity index (χ1n) is 6.91. The Hall–Kier alpha value is -2.30. The molecule has 0 aliphatic rings. The number of hydrogen-bond donors (Lipinski definition) is 1. The van der Waals surface area contributed by atoms with Crippen molar-refractivity contribution in [1.82, 2.24) is 5.32 Å². The summed E-state index contributed by atoms with van der Waals surface area (Å²) < 4.78 is 9.55. The van der Waals surface area contributed by atoms with E-state index >= 15 is 0 Å². The van der Waals surface area contributed by atoms with Crippen LogP contribution in [0.5, 0.6) is 0 Å². The van der Waals surface area contributed by atoms with E-state index in [1.165, 1.54) is 13.2 Å². The molecule has 114 valence electrons. The number of hydrogen-bond acceptors (Lipinski definition) is 4. The van der Waals surface area contributed by atoms with E-state index in [0.29, 0.717) is 6.54 Å². The zero-order chi connectivity index (χ0) is 15.3. The third-order valence-corrected chi connectivity index (χ3v) is 2.73. The Labute approximate surface area is 124 Å². The first kappa shape index (κ1) is 16.8. The molecule has 5 heteroatoms. The molecular weight excluding hydrogens is 270 g/mol. The summed E-state index contributed by atoms with van der Waals surface area (Å²) in [5, 5.41) is 2.69. The Kier molecular flexibility index (Phi) is 8.36. The molecule has 0 bridgehead atoms. The van der Waals surface area contributed by atoms with Gasteiger partial charge in [0.05, 0.1) is 7.11 Å². The fraction of sp³-hybridized carbons (Fsp3) is 0.375. The number of amides is 1. The molecule has 1 aromatic rings. The number of ether oxygens (including phenoxy) is 2. The molecule has 1 N–H and O–H groups in total. The monoisotopic (exact) mass is 291 g/mol. The number of benzene rings is 1. The summed E-state index contributed by atoms with van der Waals surface area (Å²) in [4.78, 5) is 22.2. The van der Waals surface area contributed by atoms with Crippen molar-refractivity contribution in [3.8, 4) is 0 Å². The van der Waals surface area contributed by atoms with E-state index in [1.807, 2.05) is 30.3 Å². The van der Waals surface area contributed by atoms with E-state index in [0.717, 1.165) is 24.8 Å². The van der Waals surface area contributed by atoms with Crippen molar-refractivity contribution in [3.63, 3.8) is 0 Å². The van der Waals surface area contributed by atoms with E-state index in [-0.39, 0.29) is 12.6 Å². The number of unbranched alkanes of at least 4 members (excludes halogenated alkanes) is 2. The maximum Gasteiger partial charge on any atom is 0.407 e. The molecule has 0 atom stereocenters. The van der Waals surface area contributed by atoms with Crippen molar-refractivity contribution in [3.05, 3.63) is 48.0 Å². The van der Waals surface area contributed by atoms with Gasteiger partial charge in [0.25, 0.3) is 0 Å². The maximum absolute atomic E-state index is 11.4. The van der Waals surface area contributed by atoms with Gasteiger partial charge in [-0.2, -0.15) is 0 Å². The second-order valence-electron chi connectivity index (χ2n) is 4.41. The minimum absolute atomic E-state index is 0.272. The molecule has 0 saturated carbocycles. The van der Waals surface area contributed by atoms with Crippen LogP contribution in [0.1, 0.15) is 24.8 Å². The molecule has 0 unspecified atom stereocenters. The number of rotatable bonds is 8. The van der Waals surface area contributed by atoms with E-state index in [2.05, 4.69) is 10.1 Å². The Bertz CT molecular complexity index is 457. The summed E-state index contributed by atoms with van der Waals surface area (Å²) in [6.45, 7) is 0.828. The van der Waals surface area contributed by atoms with Gasteiger partial charge in [0.1, 0.15) is 6.61 Å². The molecule has 21 heavy (non-hydrogen) atoms. The van der Waals surface area contributed by atoms with Gasteiger partial charge in [0.2, 0.25) is 0 Å². The predicted molar refractivity (Wildman–Crippen MR) is 79.6 cm³/mol. The maximum atomic E-state index is 11.4. The van der Waals surface area contributed by atoms with Crippen LogP contribution in [0.25, 0.3) is 0 Å². The number of esters is 1. The van der Waals surface area contributed by atoms with Crippen LogP contribution in [-0.4, -0.2) is 25.7 Å². The molecule has 1 amide bonds. The smallest absolute Gasteiger partial charge is 0.407 e. The molecule has 0 spiro atoms. The summed E-state index contributed by atoms with van der Waals surface area (Å²) in [5.41, 5.74) is 0.959. The summed E-state index contributed by atoms with van der Waals surface area (Å²) in [7, 11) is 1.34. The highest BCUT2D eigenvalue weighted by atomic mass is 16.5. The first-order valence-corrected chi connectivity index (χ1v) is 6.91. The van der Waals surface area contributed by atoms with Crippen LogP contribution in [0.3, 0.4) is 0 Å². The molecule has 0 radical (unpaired) electrons. The van der Waals surface area contributed by atoms with Crippen LogP contribution in [0.4, 0.5) is 4.79 Å². The lowest BCUT2D eigenvalue weighted by Crippen LogP contribution is -2.25. The standard InChI is InChI=1S/C16H21NO4/c1-20-15(18)11-7-2-3-8-12-17-16(19)21-13-14-9-5-4-6-10-14/h4-7,9-11H,2-3,8,12-13H2,1H3,(H,17,19)/b11-7+. The second-order valence-corrected chi connectivity index (χ2v) is 4.41. The molecule has 0 saturated heterocycles. The number of carbonyl (C=O) groups is 2. The van der Waals surface area contributed by atoms with Crippen molar-refractivity contribution in [2.24, 2.45) is 0 Å². The first-order chi connectivity index (χ1) is 10.2. The zero-order valence-corrected chi connectivity index (χ0v) is 12.2. The van der Waals surface area contributed by atoms with E-state index in [9.17, 15) is 9.59 Å². The van der Waals surface area contributed by atoms with E-state index in [1.54, 1.807) is 6.08 Å². The van der Waals surface area contributed by atoms with Crippen LogP contribution >= 0.6 is 0 Å². The normalized spacial score (nSPS) is 10.3. The number of alkyl carbamates (subject to hydrolysis) is 1. The van der Waals surface area contributed by atoms with Gasteiger partial charge < -0.3 is 14.8 Å². The third-order valence-electron chi connectivity index (χ3n) is 2.73. The zero-order valence-electron chi connectivity index (χ0n) is 12.2. The fourth-order valence-electron chi connectivity index (χ4n) is 1.60. The average Bonchev–Trinajstić information content (AvgIpc) is 2.52. The molecule has 0 aliphatic carbocycles. The van der Waals surface area contributed by atoms with Gasteiger partial charge in [0, 0.05) is 12.6 Å². The minimum atomic E-state index is -0.413. The summed E-state index contributed by atoms with van der Waals surface area (Å²) in [5.74, 6) is -0.349. The number of nitrogens with one attached hydrogen (secondary N) is 1. The minimum Gasteiger partial charge on any atom is -0.466 e. The van der Waals surface area contributed by atoms with E-state index < -0.39 is 6.09 Å². The van der Waals surface area contributed by atoms with E-state index in [4.69, 9.17) is 4.74 Å². The predicted octanol–water partition coefficient (Wildman–Crippen LogP) is 2.81. The van der Waals surface area contributed by atoms with Gasteiger partial charge in [-0.15, -0.1) is 0 Å². The third kappa shape index (κ3) is 8.47. The molecule has 5 nitrogen and oxygen atoms in total. The summed E-state index contributed by atoms with van der Waals surface area (Å²) >= 11 is 0. The second kappa shape index (κ2) is 10.5. The quantitative estimate of drug-likeness (QED) is 0.454. The number of carbonyl (C=O) groups excluding carboxylic acids is 2. The lowest BCUT2D eigenvalue weighted by atomic mass is 10.2. The molecule has 0 aliphatic heterocycles. The fourth-order valence-corrected chi connectivity index (χ4v) is 1.60.